The number of para-hydroxylation sites is 1. The van der Waals surface area contributed by atoms with Crippen LogP contribution in [-0.4, -0.2) is 18.7 Å². The van der Waals surface area contributed by atoms with Crippen LogP contribution in [0.3, 0.4) is 0 Å². The molecule has 0 saturated carbocycles. The molecule has 0 saturated heterocycles. The SMILES string of the molecule is COc1ccc(C(=O)C[C@@H]2c3ccccc3N[C@]2(C(C)=O)c2ccccc2)cc1. The van der Waals surface area contributed by atoms with Crippen LogP contribution in [0.2, 0.25) is 0 Å². The highest BCUT2D eigenvalue weighted by molar-refractivity contribution is 6.00. The highest BCUT2D eigenvalue weighted by atomic mass is 16.5. The van der Waals surface area contributed by atoms with Crippen molar-refractivity contribution in [1.29, 1.82) is 0 Å². The fourth-order valence-corrected chi connectivity index (χ4v) is 4.30. The van der Waals surface area contributed by atoms with Gasteiger partial charge in [-0.1, -0.05) is 48.5 Å². The number of carbonyl (C=O) groups excluding carboxylic acids is 2. The number of anilines is 1. The van der Waals surface area contributed by atoms with E-state index in [0.717, 1.165) is 16.8 Å². The highest BCUT2D eigenvalue weighted by Gasteiger charge is 2.51. The van der Waals surface area contributed by atoms with Gasteiger partial charge in [0.2, 0.25) is 0 Å². The molecule has 4 rings (SSSR count). The zero-order valence-electron chi connectivity index (χ0n) is 16.5. The third kappa shape index (κ3) is 3.21. The van der Waals surface area contributed by atoms with E-state index >= 15 is 0 Å². The van der Waals surface area contributed by atoms with Gasteiger partial charge in [0.05, 0.1) is 7.11 Å². The molecule has 0 radical (unpaired) electrons. The fourth-order valence-electron chi connectivity index (χ4n) is 4.30. The van der Waals surface area contributed by atoms with Crippen LogP contribution in [0.25, 0.3) is 0 Å². The standard InChI is InChI=1S/C25H23NO3/c1-17(27)25(19-8-4-3-5-9-19)22(21-10-6-7-11-23(21)26-25)16-24(28)18-12-14-20(29-2)15-13-18/h3-15,22,26H,16H2,1-2H3/t22-,25-/m1/s1. The molecule has 2 atom stereocenters. The van der Waals surface area contributed by atoms with E-state index in [4.69, 9.17) is 4.74 Å². The quantitative estimate of drug-likeness (QED) is 0.609. The van der Waals surface area contributed by atoms with Crippen molar-refractivity contribution in [1.82, 2.24) is 0 Å². The lowest BCUT2D eigenvalue weighted by Crippen LogP contribution is -2.44. The molecule has 1 aliphatic rings. The molecule has 0 unspecified atom stereocenters. The summed E-state index contributed by atoms with van der Waals surface area (Å²) in [5, 5.41) is 3.47. The van der Waals surface area contributed by atoms with Crippen LogP contribution >= 0.6 is 0 Å². The Morgan fingerprint density at radius 3 is 2.24 bits per heavy atom. The monoisotopic (exact) mass is 385 g/mol. The van der Waals surface area contributed by atoms with Crippen LogP contribution in [0.4, 0.5) is 5.69 Å². The Bertz CT molecular complexity index is 1040. The van der Waals surface area contributed by atoms with Gasteiger partial charge in [-0.25, -0.2) is 0 Å². The molecular weight excluding hydrogens is 362 g/mol. The number of benzene rings is 3. The summed E-state index contributed by atoms with van der Waals surface area (Å²) in [6.45, 7) is 1.59. The van der Waals surface area contributed by atoms with Crippen LogP contribution < -0.4 is 10.1 Å². The topological polar surface area (TPSA) is 55.4 Å². The van der Waals surface area contributed by atoms with E-state index in [1.807, 2.05) is 54.6 Å². The zero-order valence-corrected chi connectivity index (χ0v) is 16.5. The number of methoxy groups -OCH3 is 1. The second kappa shape index (κ2) is 7.55. The number of carbonyl (C=O) groups is 2. The molecule has 0 amide bonds. The van der Waals surface area contributed by atoms with E-state index in [1.54, 1.807) is 38.3 Å². The zero-order chi connectivity index (χ0) is 20.4. The van der Waals surface area contributed by atoms with Crippen LogP contribution in [-0.2, 0) is 10.3 Å². The molecule has 0 bridgehead atoms. The minimum Gasteiger partial charge on any atom is -0.497 e. The third-order valence-corrected chi connectivity index (χ3v) is 5.78. The molecule has 3 aromatic rings. The molecule has 3 aromatic carbocycles. The van der Waals surface area contributed by atoms with Gasteiger partial charge in [0.1, 0.15) is 11.3 Å². The molecular formula is C25H23NO3. The Morgan fingerprint density at radius 2 is 1.59 bits per heavy atom. The molecule has 4 heteroatoms. The van der Waals surface area contributed by atoms with Crippen molar-refractivity contribution in [3.05, 3.63) is 95.6 Å². The molecule has 1 heterocycles. The number of hydrogen-bond donors (Lipinski definition) is 1. The maximum Gasteiger partial charge on any atom is 0.163 e. The summed E-state index contributed by atoms with van der Waals surface area (Å²) in [5.74, 6) is 0.398. The van der Waals surface area contributed by atoms with Crippen molar-refractivity contribution in [3.63, 3.8) is 0 Å². The number of hydrogen-bond acceptors (Lipinski definition) is 4. The largest absolute Gasteiger partial charge is 0.497 e. The number of Topliss-reactive ketones (excluding diaryl/α,β-unsaturated/α-hetero) is 2. The number of nitrogens with one attached hydrogen (secondary N) is 1. The van der Waals surface area contributed by atoms with E-state index < -0.39 is 5.54 Å². The third-order valence-electron chi connectivity index (χ3n) is 5.78. The Kier molecular flexibility index (Phi) is 4.93. The van der Waals surface area contributed by atoms with Gasteiger partial charge in [0, 0.05) is 23.6 Å². The van der Waals surface area contributed by atoms with Crippen LogP contribution in [0.15, 0.2) is 78.9 Å². The maximum absolute atomic E-state index is 13.2. The van der Waals surface area contributed by atoms with Crippen molar-refractivity contribution in [3.8, 4) is 5.75 Å². The van der Waals surface area contributed by atoms with Gasteiger partial charge >= 0.3 is 0 Å². The lowest BCUT2D eigenvalue weighted by molar-refractivity contribution is -0.122. The lowest BCUT2D eigenvalue weighted by atomic mass is 9.72. The van der Waals surface area contributed by atoms with Gasteiger partial charge in [-0.3, -0.25) is 9.59 Å². The van der Waals surface area contributed by atoms with Crippen molar-refractivity contribution >= 4 is 17.3 Å². The Morgan fingerprint density at radius 1 is 0.931 bits per heavy atom. The van der Waals surface area contributed by atoms with Gasteiger partial charge in [-0.15, -0.1) is 0 Å². The molecule has 146 valence electrons. The first kappa shape index (κ1) is 18.9. The van der Waals surface area contributed by atoms with E-state index in [2.05, 4.69) is 5.32 Å². The first-order chi connectivity index (χ1) is 14.1. The summed E-state index contributed by atoms with van der Waals surface area (Å²) in [4.78, 5) is 26.2. The first-order valence-corrected chi connectivity index (χ1v) is 9.67. The van der Waals surface area contributed by atoms with Crippen molar-refractivity contribution < 1.29 is 14.3 Å². The van der Waals surface area contributed by atoms with Crippen molar-refractivity contribution in [2.24, 2.45) is 0 Å². The van der Waals surface area contributed by atoms with Gasteiger partial charge < -0.3 is 10.1 Å². The smallest absolute Gasteiger partial charge is 0.163 e. The number of ether oxygens (including phenoxy) is 1. The predicted molar refractivity (Wildman–Crippen MR) is 114 cm³/mol. The summed E-state index contributed by atoms with van der Waals surface area (Å²) >= 11 is 0. The Labute approximate surface area is 170 Å². The summed E-state index contributed by atoms with van der Waals surface area (Å²) in [7, 11) is 1.60. The molecule has 1 N–H and O–H groups in total. The van der Waals surface area contributed by atoms with Gasteiger partial charge in [-0.05, 0) is 48.4 Å². The molecule has 0 aliphatic carbocycles. The number of rotatable bonds is 6. The average Bonchev–Trinajstić information content (AvgIpc) is 3.10. The van der Waals surface area contributed by atoms with Crippen molar-refractivity contribution in [2.75, 3.05) is 12.4 Å². The Balaban J connectivity index is 1.78. The van der Waals surface area contributed by atoms with Crippen LogP contribution in [0.5, 0.6) is 5.75 Å². The highest BCUT2D eigenvalue weighted by Crippen LogP contribution is 2.51. The normalized spacial score (nSPS) is 19.9. The number of ketones is 2. The molecule has 0 fully saturated rings. The van der Waals surface area contributed by atoms with Crippen LogP contribution in [0.1, 0.15) is 40.7 Å². The van der Waals surface area contributed by atoms with Crippen LogP contribution in [0, 0.1) is 0 Å². The summed E-state index contributed by atoms with van der Waals surface area (Å²) in [6.07, 6.45) is 0.227. The van der Waals surface area contributed by atoms with E-state index in [1.165, 1.54) is 0 Å². The number of fused-ring (bicyclic) bond motifs is 1. The molecule has 0 aromatic heterocycles. The summed E-state index contributed by atoms with van der Waals surface area (Å²) in [5.41, 5.74) is 2.41. The van der Waals surface area contributed by atoms with Gasteiger partial charge in [-0.2, -0.15) is 0 Å². The van der Waals surface area contributed by atoms with E-state index in [0.29, 0.717) is 11.3 Å². The second-order valence-electron chi connectivity index (χ2n) is 7.35. The van der Waals surface area contributed by atoms with E-state index in [-0.39, 0.29) is 23.9 Å². The minimum atomic E-state index is -0.965. The molecule has 4 nitrogen and oxygen atoms in total. The minimum absolute atomic E-state index is 0.00212. The van der Waals surface area contributed by atoms with Crippen molar-refractivity contribution in [2.45, 2.75) is 24.8 Å². The maximum atomic E-state index is 13.2. The average molecular weight is 385 g/mol. The predicted octanol–water partition coefficient (Wildman–Crippen LogP) is 4.96. The molecule has 0 spiro atoms. The van der Waals surface area contributed by atoms with E-state index in [9.17, 15) is 9.59 Å². The lowest BCUT2D eigenvalue weighted by Gasteiger charge is -2.34. The fraction of sp³-hybridized carbons (Fsp3) is 0.200. The van der Waals surface area contributed by atoms with Gasteiger partial charge in [0.25, 0.3) is 0 Å². The summed E-state index contributed by atoms with van der Waals surface area (Å²) in [6, 6.07) is 24.6. The molecule has 1 aliphatic heterocycles. The second-order valence-corrected chi connectivity index (χ2v) is 7.35. The Hall–Kier alpha value is -3.40. The first-order valence-electron chi connectivity index (χ1n) is 9.67. The summed E-state index contributed by atoms with van der Waals surface area (Å²) < 4.78 is 5.19. The van der Waals surface area contributed by atoms with Gasteiger partial charge in [0.15, 0.2) is 11.6 Å². The molecule has 29 heavy (non-hydrogen) atoms.